The molecule has 2 rings (SSSR count). The summed E-state index contributed by atoms with van der Waals surface area (Å²) in [6.07, 6.45) is 3.56. The summed E-state index contributed by atoms with van der Waals surface area (Å²) in [7, 11) is 0. The van der Waals surface area contributed by atoms with E-state index in [0.29, 0.717) is 11.1 Å². The summed E-state index contributed by atoms with van der Waals surface area (Å²) in [5, 5.41) is 10.8. The van der Waals surface area contributed by atoms with E-state index in [0.717, 1.165) is 0 Å². The zero-order valence-corrected chi connectivity index (χ0v) is 10.4. The number of aromatic nitrogens is 1. The van der Waals surface area contributed by atoms with Crippen molar-refractivity contribution in [3.8, 4) is 0 Å². The number of carbonyl (C=O) groups excluding carboxylic acids is 1. The molecule has 96 valence electrons. The van der Waals surface area contributed by atoms with Gasteiger partial charge in [0.15, 0.2) is 12.4 Å². The number of ketones is 1. The van der Waals surface area contributed by atoms with E-state index >= 15 is 0 Å². The van der Waals surface area contributed by atoms with Crippen LogP contribution in [0.3, 0.4) is 0 Å². The lowest BCUT2D eigenvalue weighted by Crippen LogP contribution is -2.36. The Labute approximate surface area is 110 Å². The maximum Gasteiger partial charge on any atom is 0.273 e. The number of rotatable bonds is 4. The quantitative estimate of drug-likeness (QED) is 0.364. The molecular formula is C14H13N2O3+. The molecule has 5 nitrogen and oxygen atoms in total. The molecule has 19 heavy (non-hydrogen) atoms. The molecule has 2 aromatic rings. The summed E-state index contributed by atoms with van der Waals surface area (Å²) >= 11 is 0. The molecule has 0 atom stereocenters. The van der Waals surface area contributed by atoms with Gasteiger partial charge in [-0.1, -0.05) is 18.2 Å². The van der Waals surface area contributed by atoms with Crippen LogP contribution >= 0.6 is 0 Å². The summed E-state index contributed by atoms with van der Waals surface area (Å²) in [4.78, 5) is 22.4. The molecule has 0 amide bonds. The average Bonchev–Trinajstić information content (AvgIpc) is 2.40. The van der Waals surface area contributed by atoms with Crippen LogP contribution in [0.1, 0.15) is 15.9 Å². The number of nitro groups is 1. The summed E-state index contributed by atoms with van der Waals surface area (Å²) in [5.41, 5.74) is 0.881. The molecule has 0 radical (unpaired) electrons. The van der Waals surface area contributed by atoms with Gasteiger partial charge in [0.25, 0.3) is 5.69 Å². The predicted octanol–water partition coefficient (Wildman–Crippen LogP) is 2.07. The van der Waals surface area contributed by atoms with Crippen molar-refractivity contribution in [2.24, 2.45) is 0 Å². The number of carbonyl (C=O) groups is 1. The fourth-order valence-electron chi connectivity index (χ4n) is 1.78. The minimum atomic E-state index is -0.470. The van der Waals surface area contributed by atoms with E-state index < -0.39 is 4.92 Å². The molecule has 0 N–H and O–H groups in total. The van der Waals surface area contributed by atoms with Crippen molar-refractivity contribution < 1.29 is 14.3 Å². The molecule has 1 aromatic heterocycles. The third-order valence-electron chi connectivity index (χ3n) is 2.83. The van der Waals surface area contributed by atoms with Crippen LogP contribution < -0.4 is 4.57 Å². The number of Topliss-reactive ketones (excluding diaryl/α,β-unsaturated/α-hetero) is 1. The first kappa shape index (κ1) is 12.9. The topological polar surface area (TPSA) is 64.1 Å². The van der Waals surface area contributed by atoms with E-state index in [-0.39, 0.29) is 18.0 Å². The molecular weight excluding hydrogens is 244 g/mol. The highest BCUT2D eigenvalue weighted by molar-refractivity contribution is 5.95. The van der Waals surface area contributed by atoms with Gasteiger partial charge in [-0.15, -0.1) is 0 Å². The highest BCUT2D eigenvalue weighted by Gasteiger charge is 2.17. The van der Waals surface area contributed by atoms with Crippen molar-refractivity contribution in [3.63, 3.8) is 0 Å². The van der Waals surface area contributed by atoms with Crippen LogP contribution in [-0.4, -0.2) is 10.7 Å². The van der Waals surface area contributed by atoms with E-state index in [1.165, 1.54) is 6.07 Å². The van der Waals surface area contributed by atoms with Gasteiger partial charge < -0.3 is 0 Å². The maximum absolute atomic E-state index is 12.1. The van der Waals surface area contributed by atoms with Crippen LogP contribution in [0.25, 0.3) is 0 Å². The van der Waals surface area contributed by atoms with Crippen molar-refractivity contribution in [2.45, 2.75) is 13.5 Å². The molecule has 1 heterocycles. The van der Waals surface area contributed by atoms with E-state index in [4.69, 9.17) is 0 Å². The lowest BCUT2D eigenvalue weighted by molar-refractivity contribution is -0.683. The monoisotopic (exact) mass is 257 g/mol. The number of pyridine rings is 1. The van der Waals surface area contributed by atoms with Gasteiger partial charge in [0.2, 0.25) is 12.3 Å². The minimum Gasteiger partial charge on any atom is -0.287 e. The second-order valence-corrected chi connectivity index (χ2v) is 4.23. The SMILES string of the molecule is Cc1ccc(C(=O)C[n+]2ccccc2)cc1[N+](=O)[O-]. The number of hydrogen-bond acceptors (Lipinski definition) is 3. The fraction of sp³-hybridized carbons (Fsp3) is 0.143. The second-order valence-electron chi connectivity index (χ2n) is 4.23. The number of hydrogen-bond donors (Lipinski definition) is 0. The molecule has 0 spiro atoms. The molecule has 0 aliphatic heterocycles. The van der Waals surface area contributed by atoms with Crippen LogP contribution in [0.5, 0.6) is 0 Å². The van der Waals surface area contributed by atoms with Crippen molar-refractivity contribution in [1.29, 1.82) is 0 Å². The van der Waals surface area contributed by atoms with E-state index in [1.54, 1.807) is 36.0 Å². The predicted molar refractivity (Wildman–Crippen MR) is 68.8 cm³/mol. The van der Waals surface area contributed by atoms with Gasteiger partial charge in [0.05, 0.1) is 4.92 Å². The van der Waals surface area contributed by atoms with Crippen LogP contribution in [0.4, 0.5) is 5.69 Å². The summed E-state index contributed by atoms with van der Waals surface area (Å²) < 4.78 is 1.73. The van der Waals surface area contributed by atoms with E-state index in [2.05, 4.69) is 0 Å². The third kappa shape index (κ3) is 3.01. The Morgan fingerprint density at radius 2 is 1.95 bits per heavy atom. The highest BCUT2D eigenvalue weighted by atomic mass is 16.6. The van der Waals surface area contributed by atoms with Crippen LogP contribution in [-0.2, 0) is 6.54 Å². The molecule has 0 unspecified atom stereocenters. The van der Waals surface area contributed by atoms with E-state index in [9.17, 15) is 14.9 Å². The Bertz CT molecular complexity index is 624. The van der Waals surface area contributed by atoms with Crippen molar-refractivity contribution in [1.82, 2.24) is 0 Å². The molecule has 0 aliphatic rings. The first-order chi connectivity index (χ1) is 9.08. The first-order valence-corrected chi connectivity index (χ1v) is 5.80. The Balaban J connectivity index is 2.25. The lowest BCUT2D eigenvalue weighted by Gasteiger charge is -2.01. The molecule has 1 aromatic carbocycles. The molecule has 0 aliphatic carbocycles. The third-order valence-corrected chi connectivity index (χ3v) is 2.83. The first-order valence-electron chi connectivity index (χ1n) is 5.80. The Morgan fingerprint density at radius 3 is 2.58 bits per heavy atom. The van der Waals surface area contributed by atoms with Gasteiger partial charge in [-0.25, -0.2) is 0 Å². The largest absolute Gasteiger partial charge is 0.287 e. The van der Waals surface area contributed by atoms with Gasteiger partial charge in [-0.2, -0.15) is 4.57 Å². The molecule has 0 saturated carbocycles. The number of nitrogens with zero attached hydrogens (tertiary/aromatic N) is 2. The van der Waals surface area contributed by atoms with Gasteiger partial charge in [-0.3, -0.25) is 14.9 Å². The zero-order chi connectivity index (χ0) is 13.8. The van der Waals surface area contributed by atoms with Gasteiger partial charge in [-0.05, 0) is 6.92 Å². The van der Waals surface area contributed by atoms with Gasteiger partial charge in [0.1, 0.15) is 0 Å². The Hall–Kier alpha value is -2.56. The smallest absolute Gasteiger partial charge is 0.273 e. The number of nitro benzene ring substituents is 1. The van der Waals surface area contributed by atoms with E-state index in [1.807, 2.05) is 18.2 Å². The normalized spacial score (nSPS) is 10.2. The van der Waals surface area contributed by atoms with Crippen LogP contribution in [0, 0.1) is 17.0 Å². The summed E-state index contributed by atoms with van der Waals surface area (Å²) in [6.45, 7) is 1.82. The standard InChI is InChI=1S/C14H13N2O3/c1-11-5-6-12(9-13(11)16(18)19)14(17)10-15-7-3-2-4-8-15/h2-9H,10H2,1H3/q+1. The fourth-order valence-corrected chi connectivity index (χ4v) is 1.78. The van der Waals surface area contributed by atoms with Gasteiger partial charge in [0, 0.05) is 29.3 Å². The average molecular weight is 257 g/mol. The Morgan fingerprint density at radius 1 is 1.26 bits per heavy atom. The molecule has 0 fully saturated rings. The maximum atomic E-state index is 12.1. The van der Waals surface area contributed by atoms with Crippen molar-refractivity contribution in [3.05, 3.63) is 70.0 Å². The highest BCUT2D eigenvalue weighted by Crippen LogP contribution is 2.19. The second kappa shape index (κ2) is 5.39. The number of aryl methyl sites for hydroxylation is 1. The summed E-state index contributed by atoms with van der Waals surface area (Å²) in [5.74, 6) is -0.153. The Kier molecular flexibility index (Phi) is 3.66. The van der Waals surface area contributed by atoms with Gasteiger partial charge >= 0.3 is 0 Å². The van der Waals surface area contributed by atoms with Crippen molar-refractivity contribution >= 4 is 11.5 Å². The lowest BCUT2D eigenvalue weighted by atomic mass is 10.1. The minimum absolute atomic E-state index is 0.0242. The molecule has 0 saturated heterocycles. The number of benzene rings is 1. The van der Waals surface area contributed by atoms with Crippen LogP contribution in [0.15, 0.2) is 48.8 Å². The van der Waals surface area contributed by atoms with Crippen LogP contribution in [0.2, 0.25) is 0 Å². The summed E-state index contributed by atoms with van der Waals surface area (Å²) in [6, 6.07) is 10.1. The zero-order valence-electron chi connectivity index (χ0n) is 10.4. The molecule has 5 heteroatoms. The molecule has 0 bridgehead atoms. The van der Waals surface area contributed by atoms with Crippen molar-refractivity contribution in [2.75, 3.05) is 0 Å².